The van der Waals surface area contributed by atoms with E-state index in [0.717, 1.165) is 0 Å². The monoisotopic (exact) mass is 242 g/mol. The Balaban J connectivity index is 3.90. The first kappa shape index (κ1) is 14.2. The van der Waals surface area contributed by atoms with Crippen molar-refractivity contribution in [2.24, 2.45) is 0 Å². The van der Waals surface area contributed by atoms with Crippen molar-refractivity contribution in [1.29, 1.82) is 0 Å². The summed E-state index contributed by atoms with van der Waals surface area (Å²) in [4.78, 5) is 37.1. The van der Waals surface area contributed by atoms with Crippen molar-refractivity contribution >= 4 is 17.6 Å². The highest BCUT2D eigenvalue weighted by atomic mass is 28.4. The van der Waals surface area contributed by atoms with Crippen molar-refractivity contribution in [2.45, 2.75) is 25.9 Å². The highest BCUT2D eigenvalue weighted by Crippen LogP contribution is 2.14. The molecule has 0 radical (unpaired) electrons. The minimum atomic E-state index is -3.71. The highest BCUT2D eigenvalue weighted by molar-refractivity contribution is 6.63. The summed E-state index contributed by atoms with van der Waals surface area (Å²) in [5.41, 5.74) is 0. The standard InChI is InChI=1S/C6H18O6Si2/c1-3-11-13(7,8)5-6-14(9,10)12-4-2/h7-10H,3-6H2,1-2H3. The van der Waals surface area contributed by atoms with Crippen LogP contribution in [0.25, 0.3) is 0 Å². The van der Waals surface area contributed by atoms with Crippen molar-refractivity contribution in [3.05, 3.63) is 0 Å². The third-order valence-electron chi connectivity index (χ3n) is 1.53. The molecule has 0 spiro atoms. The lowest BCUT2D eigenvalue weighted by atomic mass is 10.9. The molecule has 0 amide bonds. The fourth-order valence-electron chi connectivity index (χ4n) is 0.932. The first-order chi connectivity index (χ1) is 6.33. The molecule has 14 heavy (non-hydrogen) atoms. The largest absolute Gasteiger partial charge is 0.495 e. The quantitative estimate of drug-likeness (QED) is 0.423. The Bertz CT molecular complexity index is 144. The maximum Gasteiger partial charge on any atom is 0.495 e. The van der Waals surface area contributed by atoms with Gasteiger partial charge in [0.2, 0.25) is 0 Å². The fourth-order valence-corrected chi connectivity index (χ4v) is 4.75. The van der Waals surface area contributed by atoms with Crippen LogP contribution in [-0.2, 0) is 8.85 Å². The first-order valence-electron chi connectivity index (χ1n) is 4.50. The second-order valence-electron chi connectivity index (χ2n) is 2.85. The average molecular weight is 242 g/mol. The van der Waals surface area contributed by atoms with Gasteiger partial charge in [-0.1, -0.05) is 0 Å². The lowest BCUT2D eigenvalue weighted by molar-refractivity contribution is 0.140. The van der Waals surface area contributed by atoms with E-state index in [1.807, 2.05) is 0 Å². The molecule has 0 fully saturated rings. The van der Waals surface area contributed by atoms with Gasteiger partial charge in [0.05, 0.1) is 0 Å². The summed E-state index contributed by atoms with van der Waals surface area (Å²) in [6, 6.07) is -0.305. The second kappa shape index (κ2) is 5.93. The molecule has 0 aliphatic rings. The highest BCUT2D eigenvalue weighted by Gasteiger charge is 2.40. The van der Waals surface area contributed by atoms with Crippen LogP contribution in [0, 0.1) is 0 Å². The Morgan fingerprint density at radius 2 is 1.07 bits per heavy atom. The Labute approximate surface area is 85.5 Å². The zero-order valence-corrected chi connectivity index (χ0v) is 10.4. The van der Waals surface area contributed by atoms with Gasteiger partial charge in [-0.15, -0.1) is 0 Å². The Morgan fingerprint density at radius 3 is 1.29 bits per heavy atom. The van der Waals surface area contributed by atoms with E-state index in [-0.39, 0.29) is 25.3 Å². The lowest BCUT2D eigenvalue weighted by Crippen LogP contribution is -2.45. The number of rotatable bonds is 7. The first-order valence-corrected chi connectivity index (χ1v) is 8.52. The minimum Gasteiger partial charge on any atom is -0.390 e. The molecule has 4 N–H and O–H groups in total. The third-order valence-corrected chi connectivity index (χ3v) is 5.33. The van der Waals surface area contributed by atoms with Crippen LogP contribution < -0.4 is 0 Å². The summed E-state index contributed by atoms with van der Waals surface area (Å²) >= 11 is 0. The maximum absolute atomic E-state index is 9.26. The third kappa shape index (κ3) is 6.62. The van der Waals surface area contributed by atoms with Crippen molar-refractivity contribution < 1.29 is 28.0 Å². The second-order valence-corrected chi connectivity index (χ2v) is 7.40. The van der Waals surface area contributed by atoms with E-state index >= 15 is 0 Å². The molecule has 0 saturated heterocycles. The SMILES string of the molecule is CCO[Si](O)(O)CC[Si](O)(O)OCC. The van der Waals surface area contributed by atoms with Gasteiger partial charge in [-0.3, -0.25) is 0 Å². The van der Waals surface area contributed by atoms with E-state index in [2.05, 4.69) is 0 Å². The summed E-state index contributed by atoms with van der Waals surface area (Å²) in [6.07, 6.45) is 0. The summed E-state index contributed by atoms with van der Waals surface area (Å²) < 4.78 is 9.39. The Hall–Kier alpha value is 0.194. The predicted octanol–water partition coefficient (Wildman–Crippen LogP) is -1.09. The molecule has 0 aliphatic carbocycles. The van der Waals surface area contributed by atoms with Crippen LogP contribution in [0.15, 0.2) is 0 Å². The average Bonchev–Trinajstić information content (AvgIpc) is 2.01. The van der Waals surface area contributed by atoms with Crippen molar-refractivity contribution in [3.63, 3.8) is 0 Å². The van der Waals surface area contributed by atoms with E-state index in [9.17, 15) is 19.2 Å². The molecule has 0 rings (SSSR count). The fraction of sp³-hybridized carbons (Fsp3) is 1.00. The maximum atomic E-state index is 9.26. The Kier molecular flexibility index (Phi) is 6.01. The minimum absolute atomic E-state index is 0.153. The molecule has 0 atom stereocenters. The van der Waals surface area contributed by atoms with E-state index in [0.29, 0.717) is 0 Å². The molecule has 0 heterocycles. The van der Waals surface area contributed by atoms with Crippen LogP contribution in [0.1, 0.15) is 13.8 Å². The van der Waals surface area contributed by atoms with Gasteiger partial charge in [-0.05, 0) is 13.8 Å². The molecular weight excluding hydrogens is 224 g/mol. The van der Waals surface area contributed by atoms with Crippen LogP contribution in [0.5, 0.6) is 0 Å². The van der Waals surface area contributed by atoms with E-state index < -0.39 is 17.6 Å². The van der Waals surface area contributed by atoms with Crippen molar-refractivity contribution in [2.75, 3.05) is 13.2 Å². The number of hydrogen-bond acceptors (Lipinski definition) is 6. The molecular formula is C6H18O6Si2. The zero-order valence-electron chi connectivity index (χ0n) is 8.43. The van der Waals surface area contributed by atoms with Crippen LogP contribution in [0.3, 0.4) is 0 Å². The van der Waals surface area contributed by atoms with Crippen LogP contribution >= 0.6 is 0 Å². The van der Waals surface area contributed by atoms with E-state index in [1.54, 1.807) is 13.8 Å². The van der Waals surface area contributed by atoms with E-state index in [4.69, 9.17) is 8.85 Å². The molecule has 0 aromatic heterocycles. The summed E-state index contributed by atoms with van der Waals surface area (Å²) in [7, 11) is -7.41. The summed E-state index contributed by atoms with van der Waals surface area (Å²) in [5, 5.41) is 0. The van der Waals surface area contributed by atoms with Crippen molar-refractivity contribution in [3.8, 4) is 0 Å². The number of hydrogen-bond donors (Lipinski definition) is 4. The van der Waals surface area contributed by atoms with Gasteiger partial charge in [-0.2, -0.15) is 0 Å². The van der Waals surface area contributed by atoms with Gasteiger partial charge in [-0.25, -0.2) is 0 Å². The smallest absolute Gasteiger partial charge is 0.390 e. The molecule has 0 bridgehead atoms. The zero-order chi connectivity index (χ0) is 11.2. The Morgan fingerprint density at radius 1 is 0.786 bits per heavy atom. The molecule has 0 unspecified atom stereocenters. The molecule has 0 aromatic carbocycles. The van der Waals surface area contributed by atoms with Gasteiger partial charge >= 0.3 is 17.6 Å². The lowest BCUT2D eigenvalue weighted by Gasteiger charge is -2.21. The molecule has 8 heteroatoms. The van der Waals surface area contributed by atoms with Gasteiger partial charge in [0, 0.05) is 25.3 Å². The molecule has 86 valence electrons. The molecule has 0 saturated carbocycles. The molecule has 0 aliphatic heterocycles. The summed E-state index contributed by atoms with van der Waals surface area (Å²) in [6.45, 7) is 3.66. The topological polar surface area (TPSA) is 99.4 Å². The summed E-state index contributed by atoms with van der Waals surface area (Å²) in [5.74, 6) is 0. The van der Waals surface area contributed by atoms with E-state index in [1.165, 1.54) is 0 Å². The molecule has 6 nitrogen and oxygen atoms in total. The van der Waals surface area contributed by atoms with Crippen LogP contribution in [-0.4, -0.2) is 50.0 Å². The van der Waals surface area contributed by atoms with Gasteiger partial charge in [0.25, 0.3) is 0 Å². The van der Waals surface area contributed by atoms with Crippen LogP contribution in [0.4, 0.5) is 0 Å². The van der Waals surface area contributed by atoms with Crippen molar-refractivity contribution in [1.82, 2.24) is 0 Å². The predicted molar refractivity (Wildman–Crippen MR) is 53.2 cm³/mol. The normalized spacial score (nSPS) is 13.3. The van der Waals surface area contributed by atoms with Gasteiger partial charge in [0.15, 0.2) is 0 Å². The molecule has 0 aromatic rings. The van der Waals surface area contributed by atoms with Gasteiger partial charge < -0.3 is 28.0 Å². The van der Waals surface area contributed by atoms with Crippen LogP contribution in [0.2, 0.25) is 12.1 Å². The van der Waals surface area contributed by atoms with Gasteiger partial charge in [0.1, 0.15) is 0 Å².